The molecule has 0 bridgehead atoms. The highest BCUT2D eigenvalue weighted by Crippen LogP contribution is 2.11. The van der Waals surface area contributed by atoms with Gasteiger partial charge in [0.2, 0.25) is 5.91 Å². The van der Waals surface area contributed by atoms with Crippen LogP contribution in [0.3, 0.4) is 0 Å². The van der Waals surface area contributed by atoms with Crippen LogP contribution in [-0.2, 0) is 4.79 Å². The molecule has 0 spiro atoms. The third-order valence-electron chi connectivity index (χ3n) is 3.93. The van der Waals surface area contributed by atoms with Gasteiger partial charge >= 0.3 is 0 Å². The summed E-state index contributed by atoms with van der Waals surface area (Å²) in [5.74, 6) is -0.550. The number of aromatic nitrogens is 3. The highest BCUT2D eigenvalue weighted by Gasteiger charge is 2.28. The van der Waals surface area contributed by atoms with Gasteiger partial charge in [-0.2, -0.15) is 5.10 Å². The summed E-state index contributed by atoms with van der Waals surface area (Å²) in [6.07, 6.45) is 4.47. The van der Waals surface area contributed by atoms with Crippen molar-refractivity contribution in [3.05, 3.63) is 36.8 Å². The van der Waals surface area contributed by atoms with Crippen molar-refractivity contribution in [1.29, 1.82) is 0 Å². The molecule has 8 nitrogen and oxygen atoms in total. The molecule has 0 radical (unpaired) electrons. The fourth-order valence-electron chi connectivity index (χ4n) is 2.25. The molecule has 130 valence electrons. The third-order valence-corrected chi connectivity index (χ3v) is 3.93. The van der Waals surface area contributed by atoms with Gasteiger partial charge in [0.1, 0.15) is 18.7 Å². The van der Waals surface area contributed by atoms with E-state index < -0.39 is 11.9 Å². The first-order valence-electron chi connectivity index (χ1n) is 7.89. The number of carbonyl (C=O) groups is 2. The summed E-state index contributed by atoms with van der Waals surface area (Å²) in [4.78, 5) is 28.6. The molecule has 0 aromatic carbocycles. The highest BCUT2D eigenvalue weighted by molar-refractivity contribution is 5.95. The topological polar surface area (TPSA) is 102 Å². The SMILES string of the molecule is CC(C)[C@H](NC(=O)c1ccco1)C(=O)N[C@H](C)[C@H](C)n1cncn1. The molecule has 2 heterocycles. The molecule has 3 atom stereocenters. The lowest BCUT2D eigenvalue weighted by Gasteiger charge is -2.26. The van der Waals surface area contributed by atoms with E-state index in [0.29, 0.717) is 0 Å². The summed E-state index contributed by atoms with van der Waals surface area (Å²) in [6, 6.07) is 2.28. The van der Waals surface area contributed by atoms with Crippen molar-refractivity contribution >= 4 is 11.8 Å². The molecule has 2 rings (SSSR count). The second kappa shape index (κ2) is 7.76. The monoisotopic (exact) mass is 333 g/mol. The molecule has 0 aliphatic heterocycles. The number of hydrogen-bond donors (Lipinski definition) is 2. The molecule has 0 aliphatic carbocycles. The number of hydrogen-bond acceptors (Lipinski definition) is 5. The number of furan rings is 1. The smallest absolute Gasteiger partial charge is 0.287 e. The van der Waals surface area contributed by atoms with E-state index in [1.54, 1.807) is 23.1 Å². The van der Waals surface area contributed by atoms with E-state index in [1.165, 1.54) is 12.6 Å². The summed E-state index contributed by atoms with van der Waals surface area (Å²) in [6.45, 7) is 7.57. The van der Waals surface area contributed by atoms with E-state index in [-0.39, 0.29) is 29.7 Å². The van der Waals surface area contributed by atoms with Gasteiger partial charge in [0.25, 0.3) is 5.91 Å². The Hall–Kier alpha value is -2.64. The molecule has 0 fully saturated rings. The number of nitrogens with one attached hydrogen (secondary N) is 2. The normalized spacial score (nSPS) is 14.9. The quantitative estimate of drug-likeness (QED) is 0.797. The van der Waals surface area contributed by atoms with E-state index in [0.717, 1.165) is 0 Å². The number of rotatable bonds is 7. The molecular weight excluding hydrogens is 310 g/mol. The van der Waals surface area contributed by atoms with Crippen molar-refractivity contribution in [3.8, 4) is 0 Å². The van der Waals surface area contributed by atoms with Gasteiger partial charge in [0.05, 0.1) is 12.3 Å². The third kappa shape index (κ3) is 4.21. The van der Waals surface area contributed by atoms with Gasteiger partial charge in [-0.1, -0.05) is 13.8 Å². The lowest BCUT2D eigenvalue weighted by Crippen LogP contribution is -2.52. The largest absolute Gasteiger partial charge is 0.459 e. The Morgan fingerprint density at radius 3 is 2.50 bits per heavy atom. The Bertz CT molecular complexity index is 651. The summed E-state index contributed by atoms with van der Waals surface area (Å²) in [5, 5.41) is 9.72. The van der Waals surface area contributed by atoms with Crippen LogP contribution in [0.15, 0.2) is 35.5 Å². The van der Waals surface area contributed by atoms with Crippen molar-refractivity contribution in [2.75, 3.05) is 0 Å². The lowest BCUT2D eigenvalue weighted by atomic mass is 10.0. The van der Waals surface area contributed by atoms with E-state index in [2.05, 4.69) is 20.7 Å². The fourth-order valence-corrected chi connectivity index (χ4v) is 2.25. The first-order valence-corrected chi connectivity index (χ1v) is 7.89. The maximum absolute atomic E-state index is 12.6. The van der Waals surface area contributed by atoms with E-state index in [9.17, 15) is 9.59 Å². The molecule has 2 aromatic rings. The van der Waals surface area contributed by atoms with Gasteiger partial charge in [-0.25, -0.2) is 9.67 Å². The number of carbonyl (C=O) groups excluding carboxylic acids is 2. The highest BCUT2D eigenvalue weighted by atomic mass is 16.3. The van der Waals surface area contributed by atoms with E-state index in [4.69, 9.17) is 4.42 Å². The molecule has 2 amide bonds. The van der Waals surface area contributed by atoms with E-state index >= 15 is 0 Å². The number of nitrogens with zero attached hydrogens (tertiary/aromatic N) is 3. The first-order chi connectivity index (χ1) is 11.4. The van der Waals surface area contributed by atoms with Crippen molar-refractivity contribution in [2.24, 2.45) is 5.92 Å². The Labute approximate surface area is 140 Å². The van der Waals surface area contributed by atoms with Crippen molar-refractivity contribution in [3.63, 3.8) is 0 Å². The second-order valence-electron chi connectivity index (χ2n) is 6.09. The Morgan fingerprint density at radius 2 is 1.96 bits per heavy atom. The molecule has 2 aromatic heterocycles. The minimum Gasteiger partial charge on any atom is -0.459 e. The molecule has 0 saturated heterocycles. The minimum atomic E-state index is -0.659. The van der Waals surface area contributed by atoms with Gasteiger partial charge in [-0.15, -0.1) is 0 Å². The molecule has 2 N–H and O–H groups in total. The van der Waals surface area contributed by atoms with Gasteiger partial charge in [-0.05, 0) is 31.9 Å². The summed E-state index contributed by atoms with van der Waals surface area (Å²) in [5.41, 5.74) is 0. The van der Waals surface area contributed by atoms with Crippen LogP contribution in [-0.4, -0.2) is 38.7 Å². The van der Waals surface area contributed by atoms with Gasteiger partial charge in [0.15, 0.2) is 5.76 Å². The van der Waals surface area contributed by atoms with Crippen LogP contribution >= 0.6 is 0 Å². The second-order valence-corrected chi connectivity index (χ2v) is 6.09. The summed E-state index contributed by atoms with van der Waals surface area (Å²) < 4.78 is 6.74. The maximum atomic E-state index is 12.6. The molecule has 8 heteroatoms. The van der Waals surface area contributed by atoms with Crippen LogP contribution in [0.5, 0.6) is 0 Å². The van der Waals surface area contributed by atoms with E-state index in [1.807, 2.05) is 27.7 Å². The molecule has 0 aliphatic rings. The first kappa shape index (κ1) is 17.7. The molecule has 24 heavy (non-hydrogen) atoms. The zero-order chi connectivity index (χ0) is 17.7. The molecule has 0 unspecified atom stereocenters. The summed E-state index contributed by atoms with van der Waals surface area (Å²) >= 11 is 0. The fraction of sp³-hybridized carbons (Fsp3) is 0.500. The molecular formula is C16H23N5O3. The Balaban J connectivity index is 1.99. The van der Waals surface area contributed by atoms with Gasteiger partial charge in [0, 0.05) is 6.04 Å². The van der Waals surface area contributed by atoms with Crippen LogP contribution in [0.1, 0.15) is 44.3 Å². The van der Waals surface area contributed by atoms with Crippen LogP contribution in [0, 0.1) is 5.92 Å². The zero-order valence-electron chi connectivity index (χ0n) is 14.3. The zero-order valence-corrected chi connectivity index (χ0v) is 14.3. The van der Waals surface area contributed by atoms with Gasteiger partial charge < -0.3 is 15.1 Å². The lowest BCUT2D eigenvalue weighted by molar-refractivity contribution is -0.124. The average molecular weight is 333 g/mol. The maximum Gasteiger partial charge on any atom is 0.287 e. The van der Waals surface area contributed by atoms with Crippen molar-refractivity contribution in [2.45, 2.75) is 45.8 Å². The van der Waals surface area contributed by atoms with Crippen molar-refractivity contribution < 1.29 is 14.0 Å². The predicted molar refractivity (Wildman–Crippen MR) is 87.1 cm³/mol. The van der Waals surface area contributed by atoms with Gasteiger partial charge in [-0.3, -0.25) is 9.59 Å². The minimum absolute atomic E-state index is 0.0648. The van der Waals surface area contributed by atoms with Crippen LogP contribution in [0.2, 0.25) is 0 Å². The number of amides is 2. The van der Waals surface area contributed by atoms with Crippen molar-refractivity contribution in [1.82, 2.24) is 25.4 Å². The summed E-state index contributed by atoms with van der Waals surface area (Å²) in [7, 11) is 0. The predicted octanol–water partition coefficient (Wildman–Crippen LogP) is 1.39. The van der Waals surface area contributed by atoms with Crippen LogP contribution in [0.25, 0.3) is 0 Å². The Kier molecular flexibility index (Phi) is 5.73. The van der Waals surface area contributed by atoms with Crippen LogP contribution < -0.4 is 10.6 Å². The average Bonchev–Trinajstić information content (AvgIpc) is 3.23. The molecule has 0 saturated carbocycles. The standard InChI is InChI=1S/C16H23N5O3/c1-10(2)14(20-15(22)13-6-5-7-24-13)16(23)19-11(3)12(4)21-9-17-8-18-21/h5-12,14H,1-4H3,(H,19,23)(H,20,22)/t11-,12+,14+/m1/s1. The van der Waals surface area contributed by atoms with Crippen LogP contribution in [0.4, 0.5) is 0 Å². The Morgan fingerprint density at radius 1 is 1.21 bits per heavy atom.